The van der Waals surface area contributed by atoms with Crippen LogP contribution >= 0.6 is 11.6 Å². The smallest absolute Gasteiger partial charge is 0.221 e. The molecule has 1 aromatic carbocycles. The van der Waals surface area contributed by atoms with Gasteiger partial charge in [0.25, 0.3) is 0 Å². The quantitative estimate of drug-likeness (QED) is 0.785. The van der Waals surface area contributed by atoms with Gasteiger partial charge in [0.15, 0.2) is 0 Å². The van der Waals surface area contributed by atoms with Crippen LogP contribution in [0, 0.1) is 0 Å². The fourth-order valence-corrected chi connectivity index (χ4v) is 1.66. The van der Waals surface area contributed by atoms with E-state index in [4.69, 9.17) is 21.1 Å². The number of methoxy groups -OCH3 is 2. The van der Waals surface area contributed by atoms with Crippen molar-refractivity contribution in [3.63, 3.8) is 0 Å². The van der Waals surface area contributed by atoms with Gasteiger partial charge < -0.3 is 9.47 Å². The average molecular weight is 224 g/mol. The molecule has 0 aliphatic carbocycles. The molecule has 15 heavy (non-hydrogen) atoms. The van der Waals surface area contributed by atoms with Gasteiger partial charge in [-0.05, 0) is 18.2 Å². The van der Waals surface area contributed by atoms with Gasteiger partial charge in [-0.25, -0.2) is 4.98 Å². The second-order valence-corrected chi connectivity index (χ2v) is 3.46. The van der Waals surface area contributed by atoms with Gasteiger partial charge in [-0.2, -0.15) is 0 Å². The fourth-order valence-electron chi connectivity index (χ4n) is 1.49. The van der Waals surface area contributed by atoms with Crippen LogP contribution in [0.25, 0.3) is 10.8 Å². The highest BCUT2D eigenvalue weighted by Crippen LogP contribution is 2.32. The van der Waals surface area contributed by atoms with Crippen LogP contribution in [-0.2, 0) is 0 Å². The highest BCUT2D eigenvalue weighted by atomic mass is 35.5. The Balaban J connectivity index is 2.80. The molecule has 78 valence electrons. The minimum Gasteiger partial charge on any atom is -0.494 e. The lowest BCUT2D eigenvalue weighted by atomic mass is 10.1. The molecular formula is C11H10ClNO2. The van der Waals surface area contributed by atoms with Gasteiger partial charge in [-0.15, -0.1) is 0 Å². The van der Waals surface area contributed by atoms with Crippen molar-refractivity contribution >= 4 is 22.4 Å². The molecule has 3 nitrogen and oxygen atoms in total. The van der Waals surface area contributed by atoms with E-state index in [0.717, 1.165) is 10.8 Å². The number of rotatable bonds is 2. The van der Waals surface area contributed by atoms with Crippen molar-refractivity contribution < 1.29 is 9.47 Å². The summed E-state index contributed by atoms with van der Waals surface area (Å²) in [6.45, 7) is 0. The topological polar surface area (TPSA) is 31.4 Å². The lowest BCUT2D eigenvalue weighted by Gasteiger charge is -2.08. The number of fused-ring (bicyclic) bond motifs is 1. The Kier molecular flexibility index (Phi) is 2.64. The molecule has 4 heteroatoms. The Bertz CT molecular complexity index is 499. The van der Waals surface area contributed by atoms with Crippen LogP contribution in [0.2, 0.25) is 5.02 Å². The van der Waals surface area contributed by atoms with Gasteiger partial charge in [0.1, 0.15) is 5.75 Å². The Morgan fingerprint density at radius 2 is 1.93 bits per heavy atom. The lowest BCUT2D eigenvalue weighted by molar-refractivity contribution is 0.395. The third-order valence-corrected chi connectivity index (χ3v) is 2.42. The second kappa shape index (κ2) is 3.95. The van der Waals surface area contributed by atoms with Gasteiger partial charge in [0.2, 0.25) is 5.88 Å². The summed E-state index contributed by atoms with van der Waals surface area (Å²) in [5.41, 5.74) is 0. The predicted molar refractivity (Wildman–Crippen MR) is 59.9 cm³/mol. The average Bonchev–Trinajstić information content (AvgIpc) is 2.27. The fraction of sp³-hybridized carbons (Fsp3) is 0.182. The molecular weight excluding hydrogens is 214 g/mol. The van der Waals surface area contributed by atoms with Crippen molar-refractivity contribution in [2.75, 3.05) is 14.2 Å². The molecule has 0 radical (unpaired) electrons. The molecule has 0 bridgehead atoms. The monoisotopic (exact) mass is 223 g/mol. The van der Waals surface area contributed by atoms with Gasteiger partial charge in [-0.1, -0.05) is 11.6 Å². The first-order valence-electron chi connectivity index (χ1n) is 4.42. The van der Waals surface area contributed by atoms with Gasteiger partial charge in [-0.3, -0.25) is 0 Å². The molecule has 0 saturated heterocycles. The minimum absolute atomic E-state index is 0.549. The third-order valence-electron chi connectivity index (χ3n) is 2.19. The molecule has 2 aromatic rings. The molecule has 0 unspecified atom stereocenters. The van der Waals surface area contributed by atoms with Crippen LogP contribution in [0.5, 0.6) is 11.6 Å². The Labute approximate surface area is 92.6 Å². The standard InChI is InChI=1S/C11H10ClNO2/c1-14-10-6-13-11(15-2)9-5-7(12)3-4-8(9)10/h3-6H,1-2H3. The zero-order valence-corrected chi connectivity index (χ0v) is 9.21. The zero-order chi connectivity index (χ0) is 10.8. The third kappa shape index (κ3) is 1.70. The summed E-state index contributed by atoms with van der Waals surface area (Å²) in [6.07, 6.45) is 1.63. The van der Waals surface area contributed by atoms with Gasteiger partial charge >= 0.3 is 0 Å². The Morgan fingerprint density at radius 3 is 2.60 bits per heavy atom. The molecule has 0 saturated carbocycles. The molecule has 2 rings (SSSR count). The van der Waals surface area contributed by atoms with E-state index in [0.29, 0.717) is 16.7 Å². The first-order valence-corrected chi connectivity index (χ1v) is 4.80. The summed E-state index contributed by atoms with van der Waals surface area (Å²) in [4.78, 5) is 4.13. The van der Waals surface area contributed by atoms with Gasteiger partial charge in [0, 0.05) is 15.8 Å². The van der Waals surface area contributed by atoms with Crippen molar-refractivity contribution in [3.05, 3.63) is 29.4 Å². The van der Waals surface area contributed by atoms with Crippen LogP contribution in [0.15, 0.2) is 24.4 Å². The van der Waals surface area contributed by atoms with Crippen molar-refractivity contribution in [2.45, 2.75) is 0 Å². The molecule has 0 aliphatic heterocycles. The first-order chi connectivity index (χ1) is 7.26. The number of hydrogen-bond donors (Lipinski definition) is 0. The molecule has 0 spiro atoms. The van der Waals surface area contributed by atoms with Crippen LogP contribution in [0.3, 0.4) is 0 Å². The summed E-state index contributed by atoms with van der Waals surface area (Å²) < 4.78 is 10.4. The van der Waals surface area contributed by atoms with E-state index in [2.05, 4.69) is 4.98 Å². The summed E-state index contributed by atoms with van der Waals surface area (Å²) in [7, 11) is 3.19. The van der Waals surface area contributed by atoms with Crippen molar-refractivity contribution in [1.82, 2.24) is 4.98 Å². The van der Waals surface area contributed by atoms with Crippen molar-refractivity contribution in [3.8, 4) is 11.6 Å². The Morgan fingerprint density at radius 1 is 1.13 bits per heavy atom. The summed E-state index contributed by atoms with van der Waals surface area (Å²) in [5.74, 6) is 1.26. The maximum absolute atomic E-state index is 5.92. The minimum atomic E-state index is 0.549. The summed E-state index contributed by atoms with van der Waals surface area (Å²) >= 11 is 5.92. The number of aromatic nitrogens is 1. The van der Waals surface area contributed by atoms with Crippen LogP contribution in [0.4, 0.5) is 0 Å². The normalized spacial score (nSPS) is 10.3. The molecule has 0 amide bonds. The molecule has 1 heterocycles. The molecule has 1 aromatic heterocycles. The van der Waals surface area contributed by atoms with Crippen molar-refractivity contribution in [1.29, 1.82) is 0 Å². The van der Waals surface area contributed by atoms with Gasteiger partial charge in [0.05, 0.1) is 20.4 Å². The SMILES string of the molecule is COc1cnc(OC)c2cc(Cl)ccc12. The van der Waals surface area contributed by atoms with Crippen molar-refractivity contribution in [2.24, 2.45) is 0 Å². The van der Waals surface area contributed by atoms with Crippen LogP contribution in [0.1, 0.15) is 0 Å². The highest BCUT2D eigenvalue weighted by molar-refractivity contribution is 6.31. The van der Waals surface area contributed by atoms with Crippen LogP contribution in [-0.4, -0.2) is 19.2 Å². The summed E-state index contributed by atoms with van der Waals surface area (Å²) in [5, 5.41) is 2.44. The number of pyridine rings is 1. The van der Waals surface area contributed by atoms with E-state index in [9.17, 15) is 0 Å². The Hall–Kier alpha value is -1.48. The van der Waals surface area contributed by atoms with E-state index in [1.54, 1.807) is 20.4 Å². The zero-order valence-electron chi connectivity index (χ0n) is 8.45. The molecule has 0 aliphatic rings. The van der Waals surface area contributed by atoms with E-state index in [-0.39, 0.29) is 0 Å². The number of nitrogens with zero attached hydrogens (tertiary/aromatic N) is 1. The maximum Gasteiger partial charge on any atom is 0.221 e. The largest absolute Gasteiger partial charge is 0.494 e. The maximum atomic E-state index is 5.92. The number of hydrogen-bond acceptors (Lipinski definition) is 3. The highest BCUT2D eigenvalue weighted by Gasteiger charge is 2.08. The summed E-state index contributed by atoms with van der Waals surface area (Å²) in [6, 6.07) is 5.51. The van der Waals surface area contributed by atoms with E-state index >= 15 is 0 Å². The predicted octanol–water partition coefficient (Wildman–Crippen LogP) is 2.91. The molecule has 0 atom stereocenters. The molecule has 0 N–H and O–H groups in total. The number of halogens is 1. The number of ether oxygens (including phenoxy) is 2. The van der Waals surface area contributed by atoms with E-state index in [1.807, 2.05) is 18.2 Å². The first kappa shape index (κ1) is 10.1. The molecule has 0 fully saturated rings. The lowest BCUT2D eigenvalue weighted by Crippen LogP contribution is -1.92. The number of benzene rings is 1. The second-order valence-electron chi connectivity index (χ2n) is 3.03. The van der Waals surface area contributed by atoms with E-state index < -0.39 is 0 Å². The van der Waals surface area contributed by atoms with E-state index in [1.165, 1.54) is 0 Å². The van der Waals surface area contributed by atoms with Crippen LogP contribution < -0.4 is 9.47 Å².